The summed E-state index contributed by atoms with van der Waals surface area (Å²) in [4.78, 5) is 29.3. The SMILES string of the molecule is CN(NOCc1ccccc1)C(=O)C(C(=O)O)c1cccs1. The Morgan fingerprint density at radius 3 is 2.59 bits per heavy atom. The fourth-order valence-electron chi connectivity index (χ4n) is 1.83. The third kappa shape index (κ3) is 4.14. The van der Waals surface area contributed by atoms with E-state index in [4.69, 9.17) is 4.84 Å². The maximum absolute atomic E-state index is 12.2. The first-order chi connectivity index (χ1) is 10.6. The number of benzene rings is 1. The Hall–Kier alpha value is -2.22. The van der Waals surface area contributed by atoms with E-state index in [0.29, 0.717) is 4.88 Å². The van der Waals surface area contributed by atoms with E-state index in [1.165, 1.54) is 18.4 Å². The number of hydrogen-bond acceptors (Lipinski definition) is 5. The fraction of sp³-hybridized carbons (Fsp3) is 0.200. The summed E-state index contributed by atoms with van der Waals surface area (Å²) >= 11 is 1.23. The maximum Gasteiger partial charge on any atom is 0.321 e. The molecule has 0 saturated carbocycles. The highest BCUT2D eigenvalue weighted by Gasteiger charge is 2.31. The lowest BCUT2D eigenvalue weighted by atomic mass is 10.1. The van der Waals surface area contributed by atoms with E-state index in [9.17, 15) is 14.7 Å². The standard InChI is InChI=1S/C15H16N2O4S/c1-17(16-21-10-11-6-3-2-4-7-11)14(18)13(15(19)20)12-8-5-9-22-12/h2-9,13,16H,10H2,1H3,(H,19,20). The van der Waals surface area contributed by atoms with Crippen LogP contribution in [0.3, 0.4) is 0 Å². The topological polar surface area (TPSA) is 78.9 Å². The number of hydrogen-bond donors (Lipinski definition) is 2. The predicted octanol–water partition coefficient (Wildman–Crippen LogP) is 2.01. The van der Waals surface area contributed by atoms with Gasteiger partial charge in [0.15, 0.2) is 5.92 Å². The number of aliphatic carboxylic acids is 1. The highest BCUT2D eigenvalue weighted by atomic mass is 32.1. The number of carboxylic acid groups (broad SMARTS) is 1. The molecule has 6 nitrogen and oxygen atoms in total. The van der Waals surface area contributed by atoms with Crippen molar-refractivity contribution >= 4 is 23.2 Å². The van der Waals surface area contributed by atoms with Crippen molar-refractivity contribution in [1.29, 1.82) is 0 Å². The Labute approximate surface area is 131 Å². The zero-order chi connectivity index (χ0) is 15.9. The second-order valence-electron chi connectivity index (χ2n) is 4.55. The van der Waals surface area contributed by atoms with Gasteiger partial charge in [0.2, 0.25) is 0 Å². The summed E-state index contributed by atoms with van der Waals surface area (Å²) in [7, 11) is 1.43. The van der Waals surface area contributed by atoms with Crippen LogP contribution in [-0.4, -0.2) is 29.0 Å². The second-order valence-corrected chi connectivity index (χ2v) is 5.53. The summed E-state index contributed by atoms with van der Waals surface area (Å²) in [6, 6.07) is 12.8. The van der Waals surface area contributed by atoms with E-state index in [2.05, 4.69) is 5.59 Å². The monoisotopic (exact) mass is 320 g/mol. The third-order valence-electron chi connectivity index (χ3n) is 2.94. The number of nitrogens with one attached hydrogen (secondary N) is 1. The van der Waals surface area contributed by atoms with Crippen LogP contribution in [0.2, 0.25) is 0 Å². The summed E-state index contributed by atoms with van der Waals surface area (Å²) in [6.45, 7) is 0.259. The average Bonchev–Trinajstić information content (AvgIpc) is 3.02. The molecule has 1 aromatic heterocycles. The molecular weight excluding hydrogens is 304 g/mol. The van der Waals surface area contributed by atoms with Crippen LogP contribution in [0.1, 0.15) is 16.4 Å². The van der Waals surface area contributed by atoms with Crippen molar-refractivity contribution in [2.24, 2.45) is 0 Å². The molecule has 2 aromatic rings. The number of amides is 1. The molecule has 1 aromatic carbocycles. The molecule has 0 saturated heterocycles. The van der Waals surface area contributed by atoms with Crippen LogP contribution >= 0.6 is 11.3 Å². The largest absolute Gasteiger partial charge is 0.480 e. The molecule has 1 unspecified atom stereocenters. The smallest absolute Gasteiger partial charge is 0.321 e. The van der Waals surface area contributed by atoms with Gasteiger partial charge in [0, 0.05) is 11.9 Å². The van der Waals surface area contributed by atoms with Gasteiger partial charge in [-0.1, -0.05) is 36.4 Å². The third-order valence-corrected chi connectivity index (χ3v) is 3.87. The molecule has 0 aliphatic rings. The molecule has 1 amide bonds. The molecular formula is C15H16N2O4S. The molecule has 0 bridgehead atoms. The van der Waals surface area contributed by atoms with Crippen molar-refractivity contribution in [2.75, 3.05) is 7.05 Å². The second kappa shape index (κ2) is 7.69. The Kier molecular flexibility index (Phi) is 5.65. The van der Waals surface area contributed by atoms with Gasteiger partial charge in [-0.15, -0.1) is 16.9 Å². The number of carbonyl (C=O) groups excluding carboxylic acids is 1. The zero-order valence-corrected chi connectivity index (χ0v) is 12.7. The van der Waals surface area contributed by atoms with Crippen LogP contribution in [0.5, 0.6) is 0 Å². The molecule has 7 heteroatoms. The Bertz CT molecular complexity index is 616. The van der Waals surface area contributed by atoms with Crippen LogP contribution in [-0.2, 0) is 21.0 Å². The van der Waals surface area contributed by atoms with Crippen molar-refractivity contribution in [3.05, 3.63) is 58.3 Å². The summed E-state index contributed by atoms with van der Waals surface area (Å²) in [5, 5.41) is 12.0. The molecule has 0 spiro atoms. The number of nitrogens with zero attached hydrogens (tertiary/aromatic N) is 1. The number of likely N-dealkylation sites (N-methyl/N-ethyl adjacent to an activating group) is 1. The lowest BCUT2D eigenvalue weighted by Gasteiger charge is -2.21. The van der Waals surface area contributed by atoms with Gasteiger partial charge in [0.1, 0.15) is 0 Å². The first-order valence-corrected chi connectivity index (χ1v) is 7.42. The van der Waals surface area contributed by atoms with Crippen molar-refractivity contribution in [2.45, 2.75) is 12.5 Å². The summed E-state index contributed by atoms with van der Waals surface area (Å²) < 4.78 is 0. The first-order valence-electron chi connectivity index (χ1n) is 6.54. The Morgan fingerprint density at radius 1 is 1.27 bits per heavy atom. The minimum atomic E-state index is -1.24. The molecule has 0 aliphatic heterocycles. The number of thiophene rings is 1. The molecule has 0 aliphatic carbocycles. The van der Waals surface area contributed by atoms with Gasteiger partial charge < -0.3 is 5.11 Å². The van der Waals surface area contributed by atoms with E-state index in [1.54, 1.807) is 17.5 Å². The lowest BCUT2D eigenvalue weighted by Crippen LogP contribution is -2.43. The van der Waals surface area contributed by atoms with Crippen LogP contribution in [0, 0.1) is 0 Å². The molecule has 0 radical (unpaired) electrons. The number of hydrazine groups is 1. The van der Waals surface area contributed by atoms with Gasteiger partial charge in [-0.2, -0.15) is 0 Å². The van der Waals surface area contributed by atoms with Crippen LogP contribution in [0.4, 0.5) is 0 Å². The van der Waals surface area contributed by atoms with Gasteiger partial charge >= 0.3 is 5.97 Å². The summed E-state index contributed by atoms with van der Waals surface area (Å²) in [6.07, 6.45) is 0. The Balaban J connectivity index is 1.91. The normalized spacial score (nSPS) is 11.9. The average molecular weight is 320 g/mol. The van der Waals surface area contributed by atoms with Crippen molar-refractivity contribution in [3.63, 3.8) is 0 Å². The van der Waals surface area contributed by atoms with E-state index in [0.717, 1.165) is 10.6 Å². The van der Waals surface area contributed by atoms with E-state index in [1.807, 2.05) is 30.3 Å². The number of rotatable bonds is 7. The molecule has 1 atom stereocenters. The van der Waals surface area contributed by atoms with Crippen molar-refractivity contribution in [1.82, 2.24) is 10.6 Å². The zero-order valence-electron chi connectivity index (χ0n) is 11.9. The van der Waals surface area contributed by atoms with E-state index >= 15 is 0 Å². The highest BCUT2D eigenvalue weighted by molar-refractivity contribution is 7.10. The number of carbonyl (C=O) groups is 2. The van der Waals surface area contributed by atoms with Gasteiger partial charge in [-0.3, -0.25) is 19.4 Å². The van der Waals surface area contributed by atoms with E-state index in [-0.39, 0.29) is 6.61 Å². The fourth-order valence-corrected chi connectivity index (χ4v) is 2.64. The summed E-state index contributed by atoms with van der Waals surface area (Å²) in [5.41, 5.74) is 3.39. The van der Waals surface area contributed by atoms with Gasteiger partial charge in [-0.05, 0) is 17.0 Å². The van der Waals surface area contributed by atoms with Crippen LogP contribution in [0.25, 0.3) is 0 Å². The van der Waals surface area contributed by atoms with Crippen molar-refractivity contribution in [3.8, 4) is 0 Å². The minimum Gasteiger partial charge on any atom is -0.480 e. The van der Waals surface area contributed by atoms with Crippen molar-refractivity contribution < 1.29 is 19.5 Å². The minimum absolute atomic E-state index is 0.259. The Morgan fingerprint density at radius 2 is 2.00 bits per heavy atom. The molecule has 22 heavy (non-hydrogen) atoms. The predicted molar refractivity (Wildman–Crippen MR) is 81.8 cm³/mol. The van der Waals surface area contributed by atoms with Gasteiger partial charge in [-0.25, -0.2) is 0 Å². The molecule has 2 N–H and O–H groups in total. The van der Waals surface area contributed by atoms with Crippen LogP contribution < -0.4 is 5.59 Å². The maximum atomic E-state index is 12.2. The van der Waals surface area contributed by atoms with E-state index < -0.39 is 17.8 Å². The quantitative estimate of drug-likeness (QED) is 0.603. The molecule has 1 heterocycles. The lowest BCUT2D eigenvalue weighted by molar-refractivity contribution is -0.158. The summed E-state index contributed by atoms with van der Waals surface area (Å²) in [5.74, 6) is -3.02. The molecule has 116 valence electrons. The molecule has 2 rings (SSSR count). The van der Waals surface area contributed by atoms with Crippen LogP contribution in [0.15, 0.2) is 47.8 Å². The number of carboxylic acids is 1. The highest BCUT2D eigenvalue weighted by Crippen LogP contribution is 2.23. The first kappa shape index (κ1) is 16.2. The van der Waals surface area contributed by atoms with Gasteiger partial charge in [0.25, 0.3) is 5.91 Å². The van der Waals surface area contributed by atoms with Gasteiger partial charge in [0.05, 0.1) is 6.61 Å². The molecule has 0 fully saturated rings.